The summed E-state index contributed by atoms with van der Waals surface area (Å²) < 4.78 is 26.8. The number of carbonyl (C=O) groups excluding carboxylic acids is 1. The Kier molecular flexibility index (Phi) is 5.69. The number of benzene rings is 2. The van der Waals surface area contributed by atoms with Gasteiger partial charge in [0.15, 0.2) is 0 Å². The van der Waals surface area contributed by atoms with Gasteiger partial charge in [-0.1, -0.05) is 29.8 Å². The van der Waals surface area contributed by atoms with Crippen LogP contribution in [0.1, 0.15) is 25.5 Å². The molecule has 23 heavy (non-hydrogen) atoms. The molecule has 6 heteroatoms. The van der Waals surface area contributed by atoms with Crippen molar-refractivity contribution in [3.05, 3.63) is 64.7 Å². The van der Waals surface area contributed by atoms with E-state index < -0.39 is 11.9 Å². The molecule has 0 aliphatic heterocycles. The average molecular weight is 339 g/mol. The molecule has 2 aromatic rings. The Morgan fingerprint density at radius 3 is 2.43 bits per heavy atom. The highest BCUT2D eigenvalue weighted by Gasteiger charge is 2.18. The van der Waals surface area contributed by atoms with E-state index >= 15 is 0 Å². The Labute approximate surface area is 138 Å². The molecular weight excluding hydrogens is 322 g/mol. The summed E-state index contributed by atoms with van der Waals surface area (Å²) in [6.07, 6.45) is 0. The van der Waals surface area contributed by atoms with Crippen molar-refractivity contribution >= 4 is 23.2 Å². The number of rotatable bonds is 5. The number of hydrogen-bond acceptors (Lipinski definition) is 2. The van der Waals surface area contributed by atoms with E-state index in [1.165, 1.54) is 24.3 Å². The van der Waals surface area contributed by atoms with Crippen LogP contribution in [0.5, 0.6) is 0 Å². The molecule has 1 amide bonds. The lowest BCUT2D eigenvalue weighted by molar-refractivity contribution is -0.117. The molecule has 2 unspecified atom stereocenters. The third-order valence-corrected chi connectivity index (χ3v) is 3.74. The van der Waals surface area contributed by atoms with Crippen molar-refractivity contribution in [3.63, 3.8) is 0 Å². The number of anilines is 1. The molecule has 0 heterocycles. The second-order valence-corrected chi connectivity index (χ2v) is 5.66. The van der Waals surface area contributed by atoms with Crippen LogP contribution in [0.4, 0.5) is 14.5 Å². The summed E-state index contributed by atoms with van der Waals surface area (Å²) in [7, 11) is 0. The second kappa shape index (κ2) is 7.53. The van der Waals surface area contributed by atoms with Crippen molar-refractivity contribution in [1.29, 1.82) is 0 Å². The summed E-state index contributed by atoms with van der Waals surface area (Å²) in [4.78, 5) is 12.2. The maximum atomic E-state index is 13.7. The average Bonchev–Trinajstić information content (AvgIpc) is 2.51. The van der Waals surface area contributed by atoms with Crippen molar-refractivity contribution in [1.82, 2.24) is 5.32 Å². The zero-order chi connectivity index (χ0) is 17.0. The van der Waals surface area contributed by atoms with Gasteiger partial charge < -0.3 is 5.32 Å². The number of carbonyl (C=O) groups is 1. The van der Waals surface area contributed by atoms with Crippen LogP contribution in [-0.4, -0.2) is 11.9 Å². The van der Waals surface area contributed by atoms with Gasteiger partial charge in [0.05, 0.1) is 11.1 Å². The van der Waals surface area contributed by atoms with Crippen LogP contribution < -0.4 is 10.6 Å². The highest BCUT2D eigenvalue weighted by atomic mass is 35.5. The maximum absolute atomic E-state index is 13.7. The van der Waals surface area contributed by atoms with E-state index in [1.807, 2.05) is 0 Å². The third-order valence-electron chi connectivity index (χ3n) is 3.45. The largest absolute Gasteiger partial charge is 0.325 e. The Bertz CT molecular complexity index is 709. The van der Waals surface area contributed by atoms with Crippen LogP contribution in [0.15, 0.2) is 42.5 Å². The fraction of sp³-hybridized carbons (Fsp3) is 0.235. The first-order chi connectivity index (χ1) is 10.9. The summed E-state index contributed by atoms with van der Waals surface area (Å²) in [5.74, 6) is -1.20. The van der Waals surface area contributed by atoms with Gasteiger partial charge in [-0.15, -0.1) is 0 Å². The topological polar surface area (TPSA) is 41.1 Å². The van der Waals surface area contributed by atoms with E-state index in [-0.39, 0.29) is 22.8 Å². The monoisotopic (exact) mass is 338 g/mol. The third kappa shape index (κ3) is 4.50. The molecule has 0 saturated heterocycles. The van der Waals surface area contributed by atoms with Crippen LogP contribution in [0, 0.1) is 11.6 Å². The quantitative estimate of drug-likeness (QED) is 0.853. The van der Waals surface area contributed by atoms with Gasteiger partial charge in [0.2, 0.25) is 5.91 Å². The van der Waals surface area contributed by atoms with Gasteiger partial charge in [-0.2, -0.15) is 0 Å². The van der Waals surface area contributed by atoms with Gasteiger partial charge >= 0.3 is 0 Å². The molecule has 0 aliphatic rings. The maximum Gasteiger partial charge on any atom is 0.241 e. The fourth-order valence-corrected chi connectivity index (χ4v) is 2.37. The van der Waals surface area contributed by atoms with Crippen molar-refractivity contribution in [2.45, 2.75) is 25.9 Å². The summed E-state index contributed by atoms with van der Waals surface area (Å²) in [6.45, 7) is 3.44. The van der Waals surface area contributed by atoms with Gasteiger partial charge in [0.25, 0.3) is 0 Å². The minimum absolute atomic E-state index is 0.0665. The van der Waals surface area contributed by atoms with E-state index in [4.69, 9.17) is 11.6 Å². The van der Waals surface area contributed by atoms with E-state index in [0.29, 0.717) is 11.3 Å². The lowest BCUT2D eigenvalue weighted by Gasteiger charge is -2.20. The molecule has 0 fully saturated rings. The van der Waals surface area contributed by atoms with Crippen LogP contribution in [0.25, 0.3) is 0 Å². The van der Waals surface area contributed by atoms with Crippen LogP contribution in [-0.2, 0) is 4.79 Å². The second-order valence-electron chi connectivity index (χ2n) is 5.25. The molecular formula is C17H17ClF2N2O. The Morgan fingerprint density at radius 2 is 1.78 bits per heavy atom. The molecule has 0 saturated carbocycles. The Balaban J connectivity index is 1.99. The number of halogens is 3. The van der Waals surface area contributed by atoms with Gasteiger partial charge in [0.1, 0.15) is 11.6 Å². The smallest absolute Gasteiger partial charge is 0.241 e. The summed E-state index contributed by atoms with van der Waals surface area (Å²) >= 11 is 5.68. The van der Waals surface area contributed by atoms with Crippen LogP contribution in [0.2, 0.25) is 5.02 Å². The normalized spacial score (nSPS) is 13.4. The molecule has 3 nitrogen and oxygen atoms in total. The highest BCUT2D eigenvalue weighted by Crippen LogP contribution is 2.20. The number of hydrogen-bond donors (Lipinski definition) is 2. The van der Waals surface area contributed by atoms with E-state index in [1.54, 1.807) is 32.0 Å². The Hall–Kier alpha value is -1.98. The molecule has 0 aromatic heterocycles. The van der Waals surface area contributed by atoms with E-state index in [0.717, 1.165) is 0 Å². The standard InChI is InChI=1S/C17H17ClF2N2O/c1-10(13-5-3-4-6-15(13)19)21-11(2)17(23)22-12-7-8-16(20)14(18)9-12/h3-11,21H,1-2H3,(H,22,23). The van der Waals surface area contributed by atoms with E-state index in [2.05, 4.69) is 10.6 Å². The van der Waals surface area contributed by atoms with Gasteiger partial charge in [0, 0.05) is 17.3 Å². The summed E-state index contributed by atoms with van der Waals surface area (Å²) in [5, 5.41) is 5.59. The van der Waals surface area contributed by atoms with Crippen molar-refractivity contribution < 1.29 is 13.6 Å². The molecule has 0 spiro atoms. The van der Waals surface area contributed by atoms with Crippen LogP contribution >= 0.6 is 11.6 Å². The molecule has 2 atom stereocenters. The number of amides is 1. The lowest BCUT2D eigenvalue weighted by Crippen LogP contribution is -2.39. The molecule has 2 rings (SSSR count). The molecule has 122 valence electrons. The fourth-order valence-electron chi connectivity index (χ4n) is 2.19. The van der Waals surface area contributed by atoms with Crippen LogP contribution in [0.3, 0.4) is 0 Å². The zero-order valence-corrected chi connectivity index (χ0v) is 13.5. The minimum atomic E-state index is -0.576. The lowest BCUT2D eigenvalue weighted by atomic mass is 10.1. The predicted octanol–water partition coefficient (Wildman–Crippen LogP) is 4.30. The Morgan fingerprint density at radius 1 is 1.09 bits per heavy atom. The van der Waals surface area contributed by atoms with Gasteiger partial charge in [-0.05, 0) is 38.1 Å². The zero-order valence-electron chi connectivity index (χ0n) is 12.7. The van der Waals surface area contributed by atoms with Crippen molar-refractivity contribution in [2.24, 2.45) is 0 Å². The van der Waals surface area contributed by atoms with Crippen molar-refractivity contribution in [2.75, 3.05) is 5.32 Å². The summed E-state index contributed by atoms with van der Waals surface area (Å²) in [6, 6.07) is 9.41. The molecule has 0 bridgehead atoms. The first kappa shape index (κ1) is 17.4. The van der Waals surface area contributed by atoms with Crippen molar-refractivity contribution in [3.8, 4) is 0 Å². The first-order valence-electron chi connectivity index (χ1n) is 7.15. The SMILES string of the molecule is CC(NC(C)c1ccccc1F)C(=O)Nc1ccc(F)c(Cl)c1. The predicted molar refractivity (Wildman–Crippen MR) is 87.5 cm³/mol. The van der Waals surface area contributed by atoms with Gasteiger partial charge in [-0.25, -0.2) is 8.78 Å². The molecule has 2 N–H and O–H groups in total. The number of nitrogens with one attached hydrogen (secondary N) is 2. The van der Waals surface area contributed by atoms with Gasteiger partial charge in [-0.3, -0.25) is 10.1 Å². The summed E-state index contributed by atoms with van der Waals surface area (Å²) in [5.41, 5.74) is 0.880. The molecule has 0 aliphatic carbocycles. The molecule has 0 radical (unpaired) electrons. The minimum Gasteiger partial charge on any atom is -0.325 e. The first-order valence-corrected chi connectivity index (χ1v) is 7.52. The van der Waals surface area contributed by atoms with E-state index in [9.17, 15) is 13.6 Å². The molecule has 2 aromatic carbocycles. The highest BCUT2D eigenvalue weighted by molar-refractivity contribution is 6.31.